The third kappa shape index (κ3) is 3.33. The maximum atomic E-state index is 11.0. The van der Waals surface area contributed by atoms with Crippen LogP contribution in [-0.2, 0) is 6.54 Å². The van der Waals surface area contributed by atoms with Gasteiger partial charge in [-0.1, -0.05) is 23.2 Å². The topological polar surface area (TPSA) is 75.1 Å². The number of aromatic nitrogens is 2. The lowest BCUT2D eigenvalue weighted by Gasteiger charge is -2.08. The molecule has 98 valence electrons. The van der Waals surface area contributed by atoms with Gasteiger partial charge in [-0.15, -0.1) is 0 Å². The SMILES string of the molecule is O=C(O)c1cncnc1CNc1ccc(Cl)c(Cl)c1. The number of benzene rings is 1. The molecule has 1 heterocycles. The third-order valence-corrected chi connectivity index (χ3v) is 3.14. The second kappa shape index (κ2) is 5.86. The molecule has 0 aliphatic heterocycles. The minimum Gasteiger partial charge on any atom is -0.478 e. The Labute approximate surface area is 119 Å². The van der Waals surface area contributed by atoms with Crippen LogP contribution >= 0.6 is 23.2 Å². The fourth-order valence-corrected chi connectivity index (χ4v) is 1.76. The van der Waals surface area contributed by atoms with E-state index in [1.165, 1.54) is 12.5 Å². The molecule has 19 heavy (non-hydrogen) atoms. The molecular weight excluding hydrogens is 289 g/mol. The number of hydrogen-bond donors (Lipinski definition) is 2. The maximum Gasteiger partial charge on any atom is 0.339 e. The molecule has 2 N–H and O–H groups in total. The van der Waals surface area contributed by atoms with E-state index >= 15 is 0 Å². The van der Waals surface area contributed by atoms with Gasteiger partial charge in [0.1, 0.15) is 11.9 Å². The van der Waals surface area contributed by atoms with Crippen LogP contribution in [0.5, 0.6) is 0 Å². The van der Waals surface area contributed by atoms with Crippen LogP contribution in [-0.4, -0.2) is 21.0 Å². The van der Waals surface area contributed by atoms with Crippen LogP contribution in [0.25, 0.3) is 0 Å². The highest BCUT2D eigenvalue weighted by atomic mass is 35.5. The van der Waals surface area contributed by atoms with Gasteiger partial charge in [0.15, 0.2) is 0 Å². The summed E-state index contributed by atoms with van der Waals surface area (Å²) in [6.07, 6.45) is 2.57. The second-order valence-corrected chi connectivity index (χ2v) is 4.49. The summed E-state index contributed by atoms with van der Waals surface area (Å²) >= 11 is 11.7. The highest BCUT2D eigenvalue weighted by Crippen LogP contribution is 2.25. The molecule has 0 aliphatic carbocycles. The normalized spacial score (nSPS) is 10.2. The Balaban J connectivity index is 2.14. The molecule has 5 nitrogen and oxygen atoms in total. The maximum absolute atomic E-state index is 11.0. The van der Waals surface area contributed by atoms with E-state index in [1.54, 1.807) is 18.2 Å². The van der Waals surface area contributed by atoms with Crippen LogP contribution in [0, 0.1) is 0 Å². The van der Waals surface area contributed by atoms with Crippen molar-refractivity contribution in [2.24, 2.45) is 0 Å². The van der Waals surface area contributed by atoms with Gasteiger partial charge in [-0.05, 0) is 18.2 Å². The highest BCUT2D eigenvalue weighted by molar-refractivity contribution is 6.42. The zero-order valence-electron chi connectivity index (χ0n) is 9.60. The Morgan fingerprint density at radius 1 is 1.32 bits per heavy atom. The number of anilines is 1. The fraction of sp³-hybridized carbons (Fsp3) is 0.0833. The Hall–Kier alpha value is -1.85. The molecule has 2 aromatic rings. The molecule has 0 amide bonds. The van der Waals surface area contributed by atoms with E-state index in [4.69, 9.17) is 28.3 Å². The Morgan fingerprint density at radius 2 is 2.11 bits per heavy atom. The van der Waals surface area contributed by atoms with Gasteiger partial charge in [0, 0.05) is 11.9 Å². The summed E-state index contributed by atoms with van der Waals surface area (Å²) in [6.45, 7) is 0.252. The van der Waals surface area contributed by atoms with Crippen molar-refractivity contribution >= 4 is 34.9 Å². The number of carboxylic acid groups (broad SMARTS) is 1. The van der Waals surface area contributed by atoms with E-state index < -0.39 is 5.97 Å². The number of aromatic carboxylic acids is 1. The van der Waals surface area contributed by atoms with Crippen molar-refractivity contribution in [1.82, 2.24) is 9.97 Å². The lowest BCUT2D eigenvalue weighted by atomic mass is 10.2. The highest BCUT2D eigenvalue weighted by Gasteiger charge is 2.11. The molecule has 0 radical (unpaired) electrons. The summed E-state index contributed by atoms with van der Waals surface area (Å²) in [7, 11) is 0. The number of nitrogens with one attached hydrogen (secondary N) is 1. The molecule has 2 rings (SSSR count). The van der Waals surface area contributed by atoms with Crippen LogP contribution < -0.4 is 5.32 Å². The summed E-state index contributed by atoms with van der Waals surface area (Å²) in [6, 6.07) is 5.06. The molecule has 0 fully saturated rings. The lowest BCUT2D eigenvalue weighted by molar-refractivity contribution is 0.0694. The Kier molecular flexibility index (Phi) is 4.19. The van der Waals surface area contributed by atoms with Crippen molar-refractivity contribution in [2.45, 2.75) is 6.54 Å². The summed E-state index contributed by atoms with van der Waals surface area (Å²) < 4.78 is 0. The van der Waals surface area contributed by atoms with Crippen molar-refractivity contribution in [3.05, 3.63) is 52.0 Å². The number of halogens is 2. The van der Waals surface area contributed by atoms with E-state index in [1.807, 2.05) is 0 Å². The van der Waals surface area contributed by atoms with Gasteiger partial charge in [0.2, 0.25) is 0 Å². The molecular formula is C12H9Cl2N3O2. The Bertz CT molecular complexity index is 620. The first kappa shape index (κ1) is 13.6. The smallest absolute Gasteiger partial charge is 0.339 e. The van der Waals surface area contributed by atoms with Crippen molar-refractivity contribution in [1.29, 1.82) is 0 Å². The summed E-state index contributed by atoms with van der Waals surface area (Å²) in [4.78, 5) is 18.6. The number of carboxylic acids is 1. The predicted molar refractivity (Wildman–Crippen MR) is 72.8 cm³/mol. The monoisotopic (exact) mass is 297 g/mol. The van der Waals surface area contributed by atoms with E-state index in [0.29, 0.717) is 15.7 Å². The van der Waals surface area contributed by atoms with Crippen LogP contribution in [0.15, 0.2) is 30.7 Å². The first-order chi connectivity index (χ1) is 9.08. The van der Waals surface area contributed by atoms with Gasteiger partial charge in [0.05, 0.1) is 22.3 Å². The summed E-state index contributed by atoms with van der Waals surface area (Å²) in [5.41, 5.74) is 1.19. The van der Waals surface area contributed by atoms with E-state index in [-0.39, 0.29) is 12.1 Å². The van der Waals surface area contributed by atoms with Gasteiger partial charge >= 0.3 is 5.97 Å². The number of hydrogen-bond acceptors (Lipinski definition) is 4. The lowest BCUT2D eigenvalue weighted by Crippen LogP contribution is -2.10. The molecule has 0 aliphatic rings. The molecule has 0 saturated carbocycles. The first-order valence-electron chi connectivity index (χ1n) is 5.29. The zero-order valence-corrected chi connectivity index (χ0v) is 11.1. The third-order valence-electron chi connectivity index (χ3n) is 2.40. The van der Waals surface area contributed by atoms with Crippen molar-refractivity contribution in [3.63, 3.8) is 0 Å². The minimum absolute atomic E-state index is 0.0649. The average Bonchev–Trinajstić information content (AvgIpc) is 2.40. The summed E-state index contributed by atoms with van der Waals surface area (Å²) in [5.74, 6) is -1.06. The second-order valence-electron chi connectivity index (χ2n) is 3.67. The van der Waals surface area contributed by atoms with Crippen molar-refractivity contribution in [3.8, 4) is 0 Å². The van der Waals surface area contributed by atoms with Crippen LogP contribution in [0.2, 0.25) is 10.0 Å². The largest absolute Gasteiger partial charge is 0.478 e. The fourth-order valence-electron chi connectivity index (χ4n) is 1.47. The van der Waals surface area contributed by atoms with E-state index in [9.17, 15) is 4.79 Å². The van der Waals surface area contributed by atoms with Crippen LogP contribution in [0.3, 0.4) is 0 Å². The molecule has 0 bridgehead atoms. The molecule has 1 aromatic carbocycles. The van der Waals surface area contributed by atoms with Gasteiger partial charge in [-0.25, -0.2) is 14.8 Å². The van der Waals surface area contributed by atoms with Gasteiger partial charge < -0.3 is 10.4 Å². The minimum atomic E-state index is -1.06. The zero-order chi connectivity index (χ0) is 13.8. The molecule has 0 unspecified atom stereocenters. The number of carbonyl (C=O) groups is 1. The average molecular weight is 298 g/mol. The van der Waals surface area contributed by atoms with Crippen molar-refractivity contribution < 1.29 is 9.90 Å². The molecule has 0 spiro atoms. The predicted octanol–water partition coefficient (Wildman–Crippen LogP) is 3.09. The molecule has 1 aromatic heterocycles. The standard InChI is InChI=1S/C12H9Cl2N3O2/c13-9-2-1-7(3-10(9)14)16-5-11-8(12(18)19)4-15-6-17-11/h1-4,6,16H,5H2,(H,18,19). The van der Waals surface area contributed by atoms with Crippen LogP contribution in [0.4, 0.5) is 5.69 Å². The number of nitrogens with zero attached hydrogens (tertiary/aromatic N) is 2. The number of rotatable bonds is 4. The Morgan fingerprint density at radius 3 is 2.79 bits per heavy atom. The van der Waals surface area contributed by atoms with Gasteiger partial charge in [-0.3, -0.25) is 0 Å². The molecule has 7 heteroatoms. The van der Waals surface area contributed by atoms with Crippen LogP contribution in [0.1, 0.15) is 16.1 Å². The van der Waals surface area contributed by atoms with Gasteiger partial charge in [0.25, 0.3) is 0 Å². The quantitative estimate of drug-likeness (QED) is 0.907. The molecule has 0 saturated heterocycles. The van der Waals surface area contributed by atoms with E-state index in [0.717, 1.165) is 5.69 Å². The van der Waals surface area contributed by atoms with Gasteiger partial charge in [-0.2, -0.15) is 0 Å². The van der Waals surface area contributed by atoms with E-state index in [2.05, 4.69) is 15.3 Å². The first-order valence-corrected chi connectivity index (χ1v) is 6.04. The molecule has 0 atom stereocenters. The summed E-state index contributed by atoms with van der Waals surface area (Å²) in [5, 5.41) is 12.9. The van der Waals surface area contributed by atoms with Crippen molar-refractivity contribution in [2.75, 3.05) is 5.32 Å².